The van der Waals surface area contributed by atoms with Crippen molar-refractivity contribution in [2.24, 2.45) is 0 Å². The van der Waals surface area contributed by atoms with Crippen LogP contribution in [0.15, 0.2) is 34.9 Å². The van der Waals surface area contributed by atoms with Gasteiger partial charge in [0.05, 0.1) is 0 Å². The Kier molecular flexibility index (Phi) is 5.33. The predicted molar refractivity (Wildman–Crippen MR) is 82.2 cm³/mol. The Bertz CT molecular complexity index is 535. The Labute approximate surface area is 125 Å². The molecule has 2 aromatic rings. The summed E-state index contributed by atoms with van der Waals surface area (Å²) in [5, 5.41) is 7.40. The van der Waals surface area contributed by atoms with E-state index >= 15 is 0 Å². The summed E-state index contributed by atoms with van der Waals surface area (Å²) in [7, 11) is 1.67. The van der Waals surface area contributed by atoms with Gasteiger partial charge in [-0.25, -0.2) is 0 Å². The quantitative estimate of drug-likeness (QED) is 0.755. The SMILES string of the molecule is CCC(C)(OC)c1noc(CCCNc2ccccc2)n1. The second-order valence-corrected chi connectivity index (χ2v) is 5.20. The van der Waals surface area contributed by atoms with Crippen molar-refractivity contribution in [3.8, 4) is 0 Å². The van der Waals surface area contributed by atoms with Crippen molar-refractivity contribution < 1.29 is 9.26 Å². The van der Waals surface area contributed by atoms with Crippen LogP contribution in [-0.4, -0.2) is 23.8 Å². The molecular formula is C16H23N3O2. The lowest BCUT2D eigenvalue weighted by Gasteiger charge is -2.21. The summed E-state index contributed by atoms with van der Waals surface area (Å²) in [5.74, 6) is 1.29. The number of benzene rings is 1. The molecule has 2 rings (SSSR count). The predicted octanol–water partition coefficient (Wildman–Crippen LogP) is 3.39. The normalized spacial score (nSPS) is 13.9. The lowest BCUT2D eigenvalue weighted by Crippen LogP contribution is -2.24. The Morgan fingerprint density at radius 3 is 2.71 bits per heavy atom. The number of aryl methyl sites for hydroxylation is 1. The molecule has 0 bridgehead atoms. The van der Waals surface area contributed by atoms with Gasteiger partial charge in [0.1, 0.15) is 5.60 Å². The van der Waals surface area contributed by atoms with Crippen LogP contribution < -0.4 is 5.32 Å². The molecule has 0 radical (unpaired) electrons. The van der Waals surface area contributed by atoms with Gasteiger partial charge in [0.25, 0.3) is 0 Å². The highest BCUT2D eigenvalue weighted by Gasteiger charge is 2.29. The number of ether oxygens (including phenoxy) is 1. The largest absolute Gasteiger partial charge is 0.385 e. The van der Waals surface area contributed by atoms with Crippen molar-refractivity contribution in [1.82, 2.24) is 10.1 Å². The van der Waals surface area contributed by atoms with Crippen LogP contribution in [0.2, 0.25) is 0 Å². The molecule has 1 N–H and O–H groups in total. The number of aromatic nitrogens is 2. The summed E-state index contributed by atoms with van der Waals surface area (Å²) in [6.07, 6.45) is 2.50. The minimum absolute atomic E-state index is 0.468. The molecule has 1 unspecified atom stereocenters. The number of anilines is 1. The maximum atomic E-state index is 5.47. The second kappa shape index (κ2) is 7.22. The van der Waals surface area contributed by atoms with E-state index in [1.54, 1.807) is 7.11 Å². The van der Waals surface area contributed by atoms with E-state index in [1.807, 2.05) is 32.0 Å². The molecule has 0 aliphatic carbocycles. The first-order valence-electron chi connectivity index (χ1n) is 7.35. The average Bonchev–Trinajstić information content (AvgIpc) is 3.01. The molecule has 0 saturated carbocycles. The average molecular weight is 289 g/mol. The fourth-order valence-electron chi connectivity index (χ4n) is 1.99. The van der Waals surface area contributed by atoms with Crippen LogP contribution in [0.4, 0.5) is 5.69 Å². The maximum absolute atomic E-state index is 5.47. The third-order valence-corrected chi connectivity index (χ3v) is 3.74. The molecule has 0 aliphatic rings. The number of para-hydroxylation sites is 1. The Morgan fingerprint density at radius 1 is 1.29 bits per heavy atom. The monoisotopic (exact) mass is 289 g/mol. The highest BCUT2D eigenvalue weighted by molar-refractivity contribution is 5.42. The fraction of sp³-hybridized carbons (Fsp3) is 0.500. The van der Waals surface area contributed by atoms with E-state index in [4.69, 9.17) is 9.26 Å². The summed E-state index contributed by atoms with van der Waals surface area (Å²) < 4.78 is 10.8. The zero-order valence-electron chi connectivity index (χ0n) is 12.9. The first-order valence-corrected chi connectivity index (χ1v) is 7.35. The van der Waals surface area contributed by atoms with Gasteiger partial charge >= 0.3 is 0 Å². The molecule has 5 nitrogen and oxygen atoms in total. The third kappa shape index (κ3) is 4.04. The lowest BCUT2D eigenvalue weighted by atomic mass is 10.0. The smallest absolute Gasteiger partial charge is 0.226 e. The first kappa shape index (κ1) is 15.5. The number of rotatable bonds is 8. The topological polar surface area (TPSA) is 60.2 Å². The van der Waals surface area contributed by atoms with Crippen molar-refractivity contribution in [2.75, 3.05) is 19.0 Å². The Balaban J connectivity index is 1.81. The van der Waals surface area contributed by atoms with E-state index in [9.17, 15) is 0 Å². The summed E-state index contributed by atoms with van der Waals surface area (Å²) in [5.41, 5.74) is 0.658. The van der Waals surface area contributed by atoms with Crippen molar-refractivity contribution in [3.05, 3.63) is 42.0 Å². The van der Waals surface area contributed by atoms with Gasteiger partial charge in [0, 0.05) is 25.8 Å². The molecule has 21 heavy (non-hydrogen) atoms. The second-order valence-electron chi connectivity index (χ2n) is 5.20. The van der Waals surface area contributed by atoms with E-state index < -0.39 is 5.60 Å². The molecule has 0 spiro atoms. The maximum Gasteiger partial charge on any atom is 0.226 e. The van der Waals surface area contributed by atoms with E-state index in [2.05, 4.69) is 27.6 Å². The number of hydrogen-bond acceptors (Lipinski definition) is 5. The van der Waals surface area contributed by atoms with Crippen LogP contribution in [-0.2, 0) is 16.8 Å². The van der Waals surface area contributed by atoms with E-state index in [0.29, 0.717) is 11.7 Å². The van der Waals surface area contributed by atoms with Crippen LogP contribution in [0.5, 0.6) is 0 Å². The van der Waals surface area contributed by atoms with Gasteiger partial charge in [0.2, 0.25) is 11.7 Å². The number of nitrogens with zero attached hydrogens (tertiary/aromatic N) is 2. The van der Waals surface area contributed by atoms with Gasteiger partial charge in [0.15, 0.2) is 0 Å². The number of nitrogens with one attached hydrogen (secondary N) is 1. The van der Waals surface area contributed by atoms with Gasteiger partial charge in [-0.1, -0.05) is 30.3 Å². The Hall–Kier alpha value is -1.88. The van der Waals surface area contributed by atoms with Crippen LogP contribution in [0, 0.1) is 0 Å². The standard InChI is InChI=1S/C16H23N3O2/c1-4-16(2,20-3)15-18-14(21-19-15)11-8-12-17-13-9-6-5-7-10-13/h5-7,9-10,17H,4,8,11-12H2,1-3H3. The highest BCUT2D eigenvalue weighted by Crippen LogP contribution is 2.25. The van der Waals surface area contributed by atoms with Gasteiger partial charge in [-0.2, -0.15) is 4.98 Å². The van der Waals surface area contributed by atoms with Crippen molar-refractivity contribution in [3.63, 3.8) is 0 Å². The highest BCUT2D eigenvalue weighted by atomic mass is 16.5. The number of methoxy groups -OCH3 is 1. The summed E-state index contributed by atoms with van der Waals surface area (Å²) >= 11 is 0. The molecule has 114 valence electrons. The lowest BCUT2D eigenvalue weighted by molar-refractivity contribution is -0.0106. The minimum atomic E-state index is -0.468. The molecule has 0 aliphatic heterocycles. The molecular weight excluding hydrogens is 266 g/mol. The van der Waals surface area contributed by atoms with Crippen molar-refractivity contribution in [2.45, 2.75) is 38.7 Å². The van der Waals surface area contributed by atoms with Crippen molar-refractivity contribution in [1.29, 1.82) is 0 Å². The van der Waals surface area contributed by atoms with Crippen LogP contribution in [0.1, 0.15) is 38.4 Å². The van der Waals surface area contributed by atoms with Gasteiger partial charge < -0.3 is 14.6 Å². The summed E-state index contributed by atoms with van der Waals surface area (Å²) in [6, 6.07) is 10.1. The van der Waals surface area contributed by atoms with Crippen LogP contribution in [0.3, 0.4) is 0 Å². The van der Waals surface area contributed by atoms with Crippen molar-refractivity contribution >= 4 is 5.69 Å². The zero-order chi connectivity index (χ0) is 15.1. The van der Waals surface area contributed by atoms with E-state index in [1.165, 1.54) is 0 Å². The first-order chi connectivity index (χ1) is 10.2. The van der Waals surface area contributed by atoms with Crippen LogP contribution in [0.25, 0.3) is 0 Å². The molecule has 1 heterocycles. The van der Waals surface area contributed by atoms with Crippen LogP contribution >= 0.6 is 0 Å². The van der Waals surface area contributed by atoms with E-state index in [-0.39, 0.29) is 0 Å². The molecule has 1 aromatic heterocycles. The molecule has 1 aromatic carbocycles. The van der Waals surface area contributed by atoms with E-state index in [0.717, 1.165) is 31.5 Å². The minimum Gasteiger partial charge on any atom is -0.385 e. The molecule has 0 fully saturated rings. The third-order valence-electron chi connectivity index (χ3n) is 3.74. The fourth-order valence-corrected chi connectivity index (χ4v) is 1.99. The molecule has 0 saturated heterocycles. The van der Waals surface area contributed by atoms with Gasteiger partial charge in [-0.3, -0.25) is 0 Å². The van der Waals surface area contributed by atoms with Gasteiger partial charge in [-0.15, -0.1) is 0 Å². The molecule has 5 heteroatoms. The number of hydrogen-bond donors (Lipinski definition) is 1. The summed E-state index contributed by atoms with van der Waals surface area (Å²) in [4.78, 5) is 4.44. The summed E-state index contributed by atoms with van der Waals surface area (Å²) in [6.45, 7) is 4.89. The molecule has 0 amide bonds. The van der Waals surface area contributed by atoms with Gasteiger partial charge in [-0.05, 0) is 31.9 Å². The molecule has 1 atom stereocenters. The Morgan fingerprint density at radius 2 is 2.05 bits per heavy atom. The zero-order valence-corrected chi connectivity index (χ0v) is 12.9.